The average Bonchev–Trinajstić information content (AvgIpc) is 2.47. The quantitative estimate of drug-likeness (QED) is 0.737. The van der Waals surface area contributed by atoms with Crippen molar-refractivity contribution in [2.45, 2.75) is 26.1 Å². The van der Waals surface area contributed by atoms with E-state index in [-0.39, 0.29) is 18.7 Å². The van der Waals surface area contributed by atoms with Crippen LogP contribution in [0.15, 0.2) is 6.07 Å². The Hall–Kier alpha value is -1.51. The summed E-state index contributed by atoms with van der Waals surface area (Å²) in [7, 11) is 0. The van der Waals surface area contributed by atoms with Crippen LogP contribution in [-0.4, -0.2) is 9.78 Å². The number of hydrogen-bond acceptors (Lipinski definition) is 2. The fourth-order valence-corrected chi connectivity index (χ4v) is 1.11. The molecule has 1 heterocycles. The molecule has 0 fully saturated rings. The molecule has 0 aliphatic rings. The normalized spacial score (nSPS) is 11.4. The second-order valence-corrected chi connectivity index (χ2v) is 2.67. The lowest BCUT2D eigenvalue weighted by molar-refractivity contribution is -0.144. The van der Waals surface area contributed by atoms with E-state index in [2.05, 4.69) is 5.10 Å². The molecule has 0 aliphatic carbocycles. The Morgan fingerprint density at radius 2 is 2.21 bits per heavy atom. The van der Waals surface area contributed by atoms with E-state index < -0.39 is 11.9 Å². The number of nitrogens with zero attached hydrogens (tertiary/aromatic N) is 3. The highest BCUT2D eigenvalue weighted by atomic mass is 19.4. The zero-order valence-electron chi connectivity index (χ0n) is 7.47. The molecule has 0 N–H and O–H groups in total. The Morgan fingerprint density at radius 3 is 2.57 bits per heavy atom. The Kier molecular flexibility index (Phi) is 2.79. The zero-order chi connectivity index (χ0) is 10.8. The van der Waals surface area contributed by atoms with Crippen LogP contribution in [0.3, 0.4) is 0 Å². The molecule has 3 nitrogen and oxygen atoms in total. The first-order valence-corrected chi connectivity index (χ1v) is 4.00. The maximum Gasteiger partial charge on any atom is 0.433 e. The van der Waals surface area contributed by atoms with Crippen LogP contribution < -0.4 is 0 Å². The smallest absolute Gasteiger partial charge is 0.260 e. The highest BCUT2D eigenvalue weighted by Crippen LogP contribution is 2.29. The molecule has 6 heteroatoms. The topological polar surface area (TPSA) is 41.6 Å². The van der Waals surface area contributed by atoms with Gasteiger partial charge < -0.3 is 0 Å². The molecule has 0 unspecified atom stereocenters. The highest BCUT2D eigenvalue weighted by Gasteiger charge is 2.35. The summed E-state index contributed by atoms with van der Waals surface area (Å²) >= 11 is 0. The number of aryl methyl sites for hydroxylation is 1. The van der Waals surface area contributed by atoms with Gasteiger partial charge in [0, 0.05) is 6.54 Å². The largest absolute Gasteiger partial charge is 0.433 e. The number of rotatable bonds is 2. The second-order valence-electron chi connectivity index (χ2n) is 2.67. The molecule has 1 aromatic rings. The summed E-state index contributed by atoms with van der Waals surface area (Å²) < 4.78 is 37.9. The maximum atomic E-state index is 12.3. The summed E-state index contributed by atoms with van der Waals surface area (Å²) in [5, 5.41) is 12.0. The first-order chi connectivity index (χ1) is 6.49. The first kappa shape index (κ1) is 10.6. The minimum atomic E-state index is -4.41. The second kappa shape index (κ2) is 3.70. The fourth-order valence-electron chi connectivity index (χ4n) is 1.11. The summed E-state index contributed by atoms with van der Waals surface area (Å²) in [6, 6.07) is 2.67. The number of hydrogen-bond donors (Lipinski definition) is 0. The van der Waals surface area contributed by atoms with Crippen molar-refractivity contribution in [1.82, 2.24) is 9.78 Å². The SMILES string of the molecule is CCn1nc(CC#N)cc1C(F)(F)F. The molecule has 1 rings (SSSR count). The molecule has 0 aromatic carbocycles. The van der Waals surface area contributed by atoms with Gasteiger partial charge in [-0.2, -0.15) is 23.5 Å². The molecule has 14 heavy (non-hydrogen) atoms. The predicted molar refractivity (Wildman–Crippen MR) is 42.2 cm³/mol. The van der Waals surface area contributed by atoms with Crippen molar-refractivity contribution in [3.05, 3.63) is 17.5 Å². The molecule has 0 atom stereocenters. The predicted octanol–water partition coefficient (Wildman–Crippen LogP) is 1.99. The lowest BCUT2D eigenvalue weighted by Crippen LogP contribution is -2.13. The molecule has 76 valence electrons. The molecule has 0 saturated heterocycles. The molecule has 1 aromatic heterocycles. The standard InChI is InChI=1S/C8H8F3N3/c1-2-14-7(8(9,10)11)5-6(13-14)3-4-12/h5H,2-3H2,1H3. The van der Waals surface area contributed by atoms with Gasteiger partial charge in [0.1, 0.15) is 5.69 Å². The molecule has 0 saturated carbocycles. The zero-order valence-corrected chi connectivity index (χ0v) is 7.47. The van der Waals surface area contributed by atoms with Crippen molar-refractivity contribution in [3.8, 4) is 6.07 Å². The molecule has 0 spiro atoms. The maximum absolute atomic E-state index is 12.3. The molecule has 0 amide bonds. The minimum Gasteiger partial charge on any atom is -0.260 e. The van der Waals surface area contributed by atoms with E-state index in [1.807, 2.05) is 0 Å². The number of halogens is 3. The highest BCUT2D eigenvalue weighted by molar-refractivity contribution is 5.16. The van der Waals surface area contributed by atoms with Crippen molar-refractivity contribution in [1.29, 1.82) is 5.26 Å². The van der Waals surface area contributed by atoms with Crippen LogP contribution in [0.2, 0.25) is 0 Å². The summed E-state index contributed by atoms with van der Waals surface area (Å²) in [5.74, 6) is 0. The first-order valence-electron chi connectivity index (χ1n) is 4.00. The molecule has 0 radical (unpaired) electrons. The van der Waals surface area contributed by atoms with Crippen molar-refractivity contribution >= 4 is 0 Å². The van der Waals surface area contributed by atoms with Gasteiger partial charge in [0.05, 0.1) is 18.2 Å². The van der Waals surface area contributed by atoms with E-state index in [0.29, 0.717) is 0 Å². The van der Waals surface area contributed by atoms with Gasteiger partial charge >= 0.3 is 6.18 Å². The molecular formula is C8H8F3N3. The lowest BCUT2D eigenvalue weighted by Gasteiger charge is -2.07. The Labute approximate surface area is 78.8 Å². The third-order valence-corrected chi connectivity index (χ3v) is 1.68. The third-order valence-electron chi connectivity index (χ3n) is 1.68. The van der Waals surface area contributed by atoms with E-state index >= 15 is 0 Å². The minimum absolute atomic E-state index is 0.101. The van der Waals surface area contributed by atoms with Gasteiger partial charge in [-0.25, -0.2) is 0 Å². The summed E-state index contributed by atoms with van der Waals surface area (Å²) in [5.41, 5.74) is -0.646. The van der Waals surface area contributed by atoms with E-state index in [4.69, 9.17) is 5.26 Å². The van der Waals surface area contributed by atoms with Gasteiger partial charge in [0.2, 0.25) is 0 Å². The Bertz CT molecular complexity index is 359. The van der Waals surface area contributed by atoms with E-state index in [0.717, 1.165) is 10.7 Å². The van der Waals surface area contributed by atoms with E-state index in [1.54, 1.807) is 13.0 Å². The Morgan fingerprint density at radius 1 is 1.57 bits per heavy atom. The van der Waals surface area contributed by atoms with Crippen LogP contribution in [0.25, 0.3) is 0 Å². The van der Waals surface area contributed by atoms with Crippen molar-refractivity contribution in [2.75, 3.05) is 0 Å². The van der Waals surface area contributed by atoms with Gasteiger partial charge in [-0.15, -0.1) is 0 Å². The van der Waals surface area contributed by atoms with Crippen LogP contribution in [0.1, 0.15) is 18.3 Å². The van der Waals surface area contributed by atoms with E-state index in [1.165, 1.54) is 0 Å². The number of nitriles is 1. The Balaban J connectivity index is 3.10. The molecular weight excluding hydrogens is 195 g/mol. The van der Waals surface area contributed by atoms with Crippen LogP contribution in [0.4, 0.5) is 13.2 Å². The number of aromatic nitrogens is 2. The average molecular weight is 203 g/mol. The fraction of sp³-hybridized carbons (Fsp3) is 0.500. The van der Waals surface area contributed by atoms with E-state index in [9.17, 15) is 13.2 Å². The van der Waals surface area contributed by atoms with Gasteiger partial charge in [0.25, 0.3) is 0 Å². The van der Waals surface area contributed by atoms with Gasteiger partial charge in [-0.3, -0.25) is 4.68 Å². The summed E-state index contributed by atoms with van der Waals surface area (Å²) in [6.45, 7) is 1.71. The summed E-state index contributed by atoms with van der Waals surface area (Å²) in [6.07, 6.45) is -4.51. The van der Waals surface area contributed by atoms with Gasteiger partial charge in [-0.1, -0.05) is 0 Å². The number of alkyl halides is 3. The molecule has 0 aliphatic heterocycles. The van der Waals surface area contributed by atoms with Gasteiger partial charge in [-0.05, 0) is 13.0 Å². The van der Waals surface area contributed by atoms with Crippen LogP contribution >= 0.6 is 0 Å². The van der Waals surface area contributed by atoms with Crippen LogP contribution in [-0.2, 0) is 19.1 Å². The summed E-state index contributed by atoms with van der Waals surface area (Å²) in [4.78, 5) is 0. The molecule has 0 bridgehead atoms. The van der Waals surface area contributed by atoms with Crippen LogP contribution in [0, 0.1) is 11.3 Å². The lowest BCUT2D eigenvalue weighted by atomic mass is 10.3. The van der Waals surface area contributed by atoms with Crippen molar-refractivity contribution in [3.63, 3.8) is 0 Å². The third kappa shape index (κ3) is 2.05. The van der Waals surface area contributed by atoms with Crippen molar-refractivity contribution < 1.29 is 13.2 Å². The van der Waals surface area contributed by atoms with Gasteiger partial charge in [0.15, 0.2) is 0 Å². The van der Waals surface area contributed by atoms with Crippen LogP contribution in [0.5, 0.6) is 0 Å². The monoisotopic (exact) mass is 203 g/mol. The van der Waals surface area contributed by atoms with Crippen molar-refractivity contribution in [2.24, 2.45) is 0 Å².